The highest BCUT2D eigenvalue weighted by Gasteiger charge is 2.51. The molecule has 1 heterocycles. The number of anilines is 1. The quantitative estimate of drug-likeness (QED) is 0.574. The molecule has 0 unspecified atom stereocenters. The number of hydrogen-bond acceptors (Lipinski definition) is 5. The standard InChI is InChI=1S/C26H36N2O5S/c1-33-25(30)21-7-9-27(10-8-21)24(29)17-28(34(2,31)32)23-5-3-22(4-6-23)26-14-18-11-19(15-26)13-20(12-18)16-26/h3-6,18-21H,7-17H2,1-2H3. The number of benzene rings is 1. The average Bonchev–Trinajstić information content (AvgIpc) is 2.80. The molecule has 34 heavy (non-hydrogen) atoms. The summed E-state index contributed by atoms with van der Waals surface area (Å²) < 4.78 is 31.3. The van der Waals surface area contributed by atoms with Gasteiger partial charge in [-0.2, -0.15) is 0 Å². The van der Waals surface area contributed by atoms with Crippen LogP contribution in [0.25, 0.3) is 0 Å². The Morgan fingerprint density at radius 2 is 1.53 bits per heavy atom. The molecule has 1 aromatic carbocycles. The minimum atomic E-state index is -3.63. The van der Waals surface area contributed by atoms with Crippen molar-refractivity contribution in [1.82, 2.24) is 4.90 Å². The Bertz CT molecular complexity index is 1010. The molecule has 4 aliphatic carbocycles. The SMILES string of the molecule is COC(=O)C1CCN(C(=O)CN(c2ccc(C34CC5CC(CC(C5)C3)C4)cc2)S(C)(=O)=O)CC1. The highest BCUT2D eigenvalue weighted by Crippen LogP contribution is 2.60. The summed E-state index contributed by atoms with van der Waals surface area (Å²) in [5, 5.41) is 0. The Morgan fingerprint density at radius 3 is 2.00 bits per heavy atom. The molecule has 0 radical (unpaired) electrons. The number of hydrogen-bond donors (Lipinski definition) is 0. The molecular formula is C26H36N2O5S. The van der Waals surface area contributed by atoms with Gasteiger partial charge in [0.05, 0.1) is 25.0 Å². The summed E-state index contributed by atoms with van der Waals surface area (Å²) >= 11 is 0. The first-order chi connectivity index (χ1) is 16.2. The number of rotatable bonds is 6. The van der Waals surface area contributed by atoms with Gasteiger partial charge >= 0.3 is 5.97 Å². The predicted molar refractivity (Wildman–Crippen MR) is 130 cm³/mol. The second-order valence-electron chi connectivity index (χ2n) is 11.2. The number of piperidine rings is 1. The van der Waals surface area contributed by atoms with Crippen LogP contribution in [0.4, 0.5) is 5.69 Å². The van der Waals surface area contributed by atoms with Crippen LogP contribution in [0.5, 0.6) is 0 Å². The topological polar surface area (TPSA) is 84.0 Å². The van der Waals surface area contributed by atoms with Crippen LogP contribution >= 0.6 is 0 Å². The van der Waals surface area contributed by atoms with Crippen molar-refractivity contribution in [3.8, 4) is 0 Å². The maximum absolute atomic E-state index is 13.0. The molecule has 0 atom stereocenters. The number of carbonyl (C=O) groups is 2. The fourth-order valence-corrected chi connectivity index (χ4v) is 8.45. The summed E-state index contributed by atoms with van der Waals surface area (Å²) in [5.74, 6) is 1.86. The van der Waals surface area contributed by atoms with E-state index in [0.717, 1.165) is 24.0 Å². The van der Waals surface area contributed by atoms with Crippen molar-refractivity contribution in [2.24, 2.45) is 23.7 Å². The molecule has 1 aliphatic heterocycles. The molecule has 1 saturated heterocycles. The zero-order valence-corrected chi connectivity index (χ0v) is 21.1. The van der Waals surface area contributed by atoms with E-state index in [1.54, 1.807) is 4.90 Å². The van der Waals surface area contributed by atoms with E-state index in [0.29, 0.717) is 31.6 Å². The second-order valence-corrected chi connectivity index (χ2v) is 13.1. The molecule has 0 spiro atoms. The Kier molecular flexibility index (Phi) is 6.15. The van der Waals surface area contributed by atoms with Crippen molar-refractivity contribution in [2.45, 2.75) is 56.8 Å². The first-order valence-electron chi connectivity index (χ1n) is 12.6. The molecule has 0 N–H and O–H groups in total. The summed E-state index contributed by atoms with van der Waals surface area (Å²) in [7, 11) is -2.25. The van der Waals surface area contributed by atoms with Gasteiger partial charge in [-0.15, -0.1) is 0 Å². The molecule has 6 rings (SSSR count). The molecule has 8 heteroatoms. The Labute approximate surface area is 202 Å². The molecule has 5 aliphatic rings. The van der Waals surface area contributed by atoms with Crippen LogP contribution in [0, 0.1) is 23.7 Å². The first kappa shape index (κ1) is 23.6. The van der Waals surface area contributed by atoms with E-state index >= 15 is 0 Å². The third-order valence-electron chi connectivity index (χ3n) is 8.87. The number of amides is 1. The summed E-state index contributed by atoms with van der Waals surface area (Å²) in [6.45, 7) is 0.640. The lowest BCUT2D eigenvalue weighted by atomic mass is 9.48. The summed E-state index contributed by atoms with van der Waals surface area (Å²) in [6.07, 6.45) is 10.2. The minimum absolute atomic E-state index is 0.197. The molecule has 0 aromatic heterocycles. The van der Waals surface area contributed by atoms with Crippen LogP contribution in [0.15, 0.2) is 24.3 Å². The van der Waals surface area contributed by atoms with Gasteiger partial charge in [0.1, 0.15) is 6.54 Å². The minimum Gasteiger partial charge on any atom is -0.469 e. The van der Waals surface area contributed by atoms with E-state index in [4.69, 9.17) is 4.74 Å². The zero-order chi connectivity index (χ0) is 24.1. The second kappa shape index (κ2) is 8.85. The van der Waals surface area contributed by atoms with Gasteiger partial charge in [0, 0.05) is 13.1 Å². The molecule has 7 nitrogen and oxygen atoms in total. The van der Waals surface area contributed by atoms with E-state index in [1.807, 2.05) is 12.1 Å². The molecule has 186 valence electrons. The van der Waals surface area contributed by atoms with Gasteiger partial charge in [-0.05, 0) is 92.2 Å². The van der Waals surface area contributed by atoms with Gasteiger partial charge in [0.2, 0.25) is 15.9 Å². The van der Waals surface area contributed by atoms with E-state index in [1.165, 1.54) is 55.5 Å². The van der Waals surface area contributed by atoms with Gasteiger partial charge in [-0.1, -0.05) is 12.1 Å². The van der Waals surface area contributed by atoms with Crippen LogP contribution < -0.4 is 4.31 Å². The maximum Gasteiger partial charge on any atom is 0.308 e. The van der Waals surface area contributed by atoms with Crippen molar-refractivity contribution in [3.63, 3.8) is 0 Å². The fourth-order valence-electron chi connectivity index (χ4n) is 7.60. The number of likely N-dealkylation sites (tertiary alicyclic amines) is 1. The molecule has 1 amide bonds. The van der Waals surface area contributed by atoms with Crippen LogP contribution in [0.3, 0.4) is 0 Å². The third-order valence-corrected chi connectivity index (χ3v) is 10.0. The van der Waals surface area contributed by atoms with Crippen LogP contribution in [0.2, 0.25) is 0 Å². The van der Waals surface area contributed by atoms with Crippen molar-refractivity contribution in [2.75, 3.05) is 37.3 Å². The normalized spacial score (nSPS) is 30.9. The highest BCUT2D eigenvalue weighted by molar-refractivity contribution is 7.92. The lowest BCUT2D eigenvalue weighted by molar-refractivity contribution is -0.148. The van der Waals surface area contributed by atoms with Gasteiger partial charge < -0.3 is 9.64 Å². The number of ether oxygens (including phenoxy) is 1. The Morgan fingerprint density at radius 1 is 1.00 bits per heavy atom. The summed E-state index contributed by atoms with van der Waals surface area (Å²) in [5.41, 5.74) is 2.12. The highest BCUT2D eigenvalue weighted by atomic mass is 32.2. The van der Waals surface area contributed by atoms with Crippen LogP contribution in [0.1, 0.15) is 56.9 Å². The number of methoxy groups -OCH3 is 1. The average molecular weight is 489 g/mol. The van der Waals surface area contributed by atoms with E-state index in [2.05, 4.69) is 12.1 Å². The van der Waals surface area contributed by atoms with E-state index in [-0.39, 0.29) is 29.8 Å². The summed E-state index contributed by atoms with van der Waals surface area (Å²) in [6, 6.07) is 7.97. The van der Waals surface area contributed by atoms with Crippen molar-refractivity contribution >= 4 is 27.6 Å². The van der Waals surface area contributed by atoms with Gasteiger partial charge in [-0.3, -0.25) is 13.9 Å². The monoisotopic (exact) mass is 488 g/mol. The van der Waals surface area contributed by atoms with Crippen molar-refractivity contribution in [1.29, 1.82) is 0 Å². The number of carbonyl (C=O) groups excluding carboxylic acids is 2. The van der Waals surface area contributed by atoms with Crippen molar-refractivity contribution < 1.29 is 22.7 Å². The zero-order valence-electron chi connectivity index (χ0n) is 20.2. The molecule has 4 saturated carbocycles. The largest absolute Gasteiger partial charge is 0.469 e. The number of nitrogens with zero attached hydrogens (tertiary/aromatic N) is 2. The number of sulfonamides is 1. The van der Waals surface area contributed by atoms with Gasteiger partial charge in [0.25, 0.3) is 0 Å². The fraction of sp³-hybridized carbons (Fsp3) is 0.692. The maximum atomic E-state index is 13.0. The lowest BCUT2D eigenvalue weighted by Gasteiger charge is -2.57. The van der Waals surface area contributed by atoms with Crippen LogP contribution in [-0.2, 0) is 29.8 Å². The van der Waals surface area contributed by atoms with Crippen molar-refractivity contribution in [3.05, 3.63) is 29.8 Å². The lowest BCUT2D eigenvalue weighted by Crippen LogP contribution is -2.48. The van der Waals surface area contributed by atoms with E-state index < -0.39 is 10.0 Å². The predicted octanol–water partition coefficient (Wildman–Crippen LogP) is 3.33. The first-order valence-corrected chi connectivity index (χ1v) is 14.5. The van der Waals surface area contributed by atoms with Gasteiger partial charge in [0.15, 0.2) is 0 Å². The van der Waals surface area contributed by atoms with Gasteiger partial charge in [-0.25, -0.2) is 8.42 Å². The summed E-state index contributed by atoms with van der Waals surface area (Å²) in [4.78, 5) is 26.4. The van der Waals surface area contributed by atoms with E-state index in [9.17, 15) is 18.0 Å². The molecular weight excluding hydrogens is 452 g/mol. The van der Waals surface area contributed by atoms with Crippen LogP contribution in [-0.4, -0.2) is 58.2 Å². The Hall–Kier alpha value is -2.09. The third kappa shape index (κ3) is 4.45. The Balaban J connectivity index is 1.29. The number of esters is 1. The molecule has 5 fully saturated rings. The smallest absolute Gasteiger partial charge is 0.308 e. The molecule has 4 bridgehead atoms. The molecule has 1 aromatic rings.